The Bertz CT molecular complexity index is 1430. The number of rotatable bonds is 11. The highest BCUT2D eigenvalue weighted by molar-refractivity contribution is 5.89. The van der Waals surface area contributed by atoms with Gasteiger partial charge in [-0.05, 0) is 61.2 Å². The zero-order valence-corrected chi connectivity index (χ0v) is 22.9. The third-order valence-electron chi connectivity index (χ3n) is 7.44. The van der Waals surface area contributed by atoms with Crippen molar-refractivity contribution in [2.45, 2.75) is 57.2 Å². The number of methoxy groups -OCH3 is 2. The van der Waals surface area contributed by atoms with Gasteiger partial charge >= 0.3 is 0 Å². The molecule has 10 heteroatoms. The van der Waals surface area contributed by atoms with Crippen molar-refractivity contribution < 1.29 is 23.5 Å². The number of ether oxygens (including phenoxy) is 2. The zero-order chi connectivity index (χ0) is 27.9. The number of nitrogens with zero attached hydrogens (tertiary/aromatic N) is 4. The quantitative estimate of drug-likeness (QED) is 0.299. The smallest absolute Gasteiger partial charge is 0.250 e. The molecular formula is C30H35N5O5. The highest BCUT2D eigenvalue weighted by Gasteiger charge is 2.35. The minimum Gasteiger partial charge on any atom is -0.493 e. The van der Waals surface area contributed by atoms with Gasteiger partial charge < -0.3 is 24.1 Å². The molecule has 2 aromatic carbocycles. The Morgan fingerprint density at radius 3 is 2.60 bits per heavy atom. The van der Waals surface area contributed by atoms with Gasteiger partial charge in [-0.25, -0.2) is 4.68 Å². The summed E-state index contributed by atoms with van der Waals surface area (Å²) in [6, 6.07) is 15.8. The number of benzene rings is 2. The predicted molar refractivity (Wildman–Crippen MR) is 149 cm³/mol. The highest BCUT2D eigenvalue weighted by Crippen LogP contribution is 2.29. The van der Waals surface area contributed by atoms with E-state index in [4.69, 9.17) is 13.9 Å². The minimum absolute atomic E-state index is 0.0691. The number of furan rings is 1. The Labute approximate surface area is 233 Å². The van der Waals surface area contributed by atoms with Gasteiger partial charge in [0.1, 0.15) is 17.8 Å². The Hall–Kier alpha value is -4.34. The molecule has 2 amide bonds. The van der Waals surface area contributed by atoms with Crippen LogP contribution in [0.15, 0.2) is 65.3 Å². The van der Waals surface area contributed by atoms with Crippen molar-refractivity contribution >= 4 is 22.8 Å². The third-order valence-corrected chi connectivity index (χ3v) is 7.44. The maximum atomic E-state index is 14.0. The topological polar surface area (TPSA) is 112 Å². The number of nitrogens with one attached hydrogen (secondary N) is 1. The summed E-state index contributed by atoms with van der Waals surface area (Å²) in [6.45, 7) is 0.199. The molecule has 1 atom stereocenters. The summed E-state index contributed by atoms with van der Waals surface area (Å²) in [5.74, 6) is 1.13. The molecule has 0 bridgehead atoms. The fourth-order valence-corrected chi connectivity index (χ4v) is 5.33. The molecule has 0 radical (unpaired) electrons. The van der Waals surface area contributed by atoms with E-state index in [1.165, 1.54) is 12.7 Å². The van der Waals surface area contributed by atoms with Gasteiger partial charge in [-0.15, -0.1) is 5.10 Å². The standard InChI is InChI=1S/C30H35N5O5/c1-38-25-15-14-21(19-27(25)39-2)16-17-34(28(36)20-35-24-12-7-6-11-23(24)32-33-35)29(26-13-8-18-40-26)30(37)31-22-9-4-3-5-10-22/h6-8,11-15,18-19,22,29H,3-5,9-10,16-17,20H2,1-2H3,(H,31,37)/t29-/m1/s1. The van der Waals surface area contributed by atoms with E-state index in [0.29, 0.717) is 29.2 Å². The van der Waals surface area contributed by atoms with Crippen LogP contribution in [-0.4, -0.2) is 58.5 Å². The molecule has 0 saturated heterocycles. The molecule has 4 aromatic rings. The molecule has 40 heavy (non-hydrogen) atoms. The molecule has 0 aliphatic heterocycles. The van der Waals surface area contributed by atoms with Crippen LogP contribution < -0.4 is 14.8 Å². The van der Waals surface area contributed by atoms with E-state index in [-0.39, 0.29) is 30.9 Å². The van der Waals surface area contributed by atoms with Crippen LogP contribution in [0.25, 0.3) is 11.0 Å². The van der Waals surface area contributed by atoms with Crippen molar-refractivity contribution in [3.63, 3.8) is 0 Å². The molecule has 2 heterocycles. The maximum absolute atomic E-state index is 14.0. The van der Waals surface area contributed by atoms with E-state index < -0.39 is 6.04 Å². The lowest BCUT2D eigenvalue weighted by atomic mass is 9.95. The van der Waals surface area contributed by atoms with Gasteiger partial charge in [0.15, 0.2) is 17.5 Å². The van der Waals surface area contributed by atoms with Gasteiger partial charge in [0.25, 0.3) is 5.91 Å². The molecule has 5 rings (SSSR count). The summed E-state index contributed by atoms with van der Waals surface area (Å²) in [4.78, 5) is 29.4. The Balaban J connectivity index is 1.45. The second-order valence-electron chi connectivity index (χ2n) is 10.0. The molecule has 210 valence electrons. The van der Waals surface area contributed by atoms with Crippen molar-refractivity contribution in [2.75, 3.05) is 20.8 Å². The van der Waals surface area contributed by atoms with Gasteiger partial charge in [0.2, 0.25) is 5.91 Å². The molecule has 1 N–H and O–H groups in total. The van der Waals surface area contributed by atoms with Crippen molar-refractivity contribution in [1.29, 1.82) is 0 Å². The van der Waals surface area contributed by atoms with Gasteiger partial charge in [0, 0.05) is 12.6 Å². The average Bonchev–Trinajstić information content (AvgIpc) is 3.66. The lowest BCUT2D eigenvalue weighted by molar-refractivity contribution is -0.142. The van der Waals surface area contributed by atoms with Gasteiger partial charge in [-0.1, -0.05) is 42.7 Å². The number of hydrogen-bond acceptors (Lipinski definition) is 7. The van der Waals surface area contributed by atoms with E-state index in [9.17, 15) is 9.59 Å². The van der Waals surface area contributed by atoms with Crippen LogP contribution in [0.3, 0.4) is 0 Å². The van der Waals surface area contributed by atoms with Crippen molar-refractivity contribution in [2.24, 2.45) is 0 Å². The summed E-state index contributed by atoms with van der Waals surface area (Å²) in [7, 11) is 3.17. The number of amides is 2. The van der Waals surface area contributed by atoms with Crippen LogP contribution in [-0.2, 0) is 22.6 Å². The van der Waals surface area contributed by atoms with Crippen LogP contribution in [0.1, 0.15) is 49.5 Å². The largest absolute Gasteiger partial charge is 0.493 e. The van der Waals surface area contributed by atoms with Crippen LogP contribution in [0.4, 0.5) is 0 Å². The van der Waals surface area contributed by atoms with Gasteiger partial charge in [-0.2, -0.15) is 0 Å². The second-order valence-corrected chi connectivity index (χ2v) is 10.0. The Morgan fingerprint density at radius 1 is 1.05 bits per heavy atom. The summed E-state index contributed by atoms with van der Waals surface area (Å²) in [5.41, 5.74) is 2.38. The Morgan fingerprint density at radius 2 is 1.85 bits per heavy atom. The summed E-state index contributed by atoms with van der Waals surface area (Å²) in [5, 5.41) is 11.6. The molecule has 10 nitrogen and oxygen atoms in total. The number of aromatic nitrogens is 3. The number of para-hydroxylation sites is 1. The summed E-state index contributed by atoms with van der Waals surface area (Å²) in [6.07, 6.45) is 7.21. The molecule has 1 aliphatic rings. The Kier molecular flexibility index (Phi) is 8.63. The molecule has 0 unspecified atom stereocenters. The number of carbonyl (C=O) groups is 2. The maximum Gasteiger partial charge on any atom is 0.250 e. The zero-order valence-electron chi connectivity index (χ0n) is 22.9. The summed E-state index contributed by atoms with van der Waals surface area (Å²) < 4.78 is 18.1. The second kappa shape index (κ2) is 12.7. The summed E-state index contributed by atoms with van der Waals surface area (Å²) >= 11 is 0. The first-order chi connectivity index (χ1) is 19.6. The monoisotopic (exact) mass is 545 g/mol. The molecule has 1 aliphatic carbocycles. The number of fused-ring (bicyclic) bond motifs is 1. The van der Waals surface area contributed by atoms with E-state index in [0.717, 1.165) is 36.8 Å². The fraction of sp³-hybridized carbons (Fsp3) is 0.400. The third kappa shape index (κ3) is 6.11. The van der Waals surface area contributed by atoms with E-state index in [1.807, 2.05) is 42.5 Å². The number of hydrogen-bond donors (Lipinski definition) is 1. The van der Waals surface area contributed by atoms with Crippen molar-refractivity contribution in [3.05, 3.63) is 72.2 Å². The lowest BCUT2D eigenvalue weighted by Gasteiger charge is -2.32. The average molecular weight is 546 g/mol. The van der Waals surface area contributed by atoms with E-state index >= 15 is 0 Å². The SMILES string of the molecule is COc1ccc(CCN(C(=O)Cn2nnc3ccccc32)[C@@H](C(=O)NC2CCCCC2)c2ccco2)cc1OC. The van der Waals surface area contributed by atoms with Crippen LogP contribution in [0.5, 0.6) is 11.5 Å². The van der Waals surface area contributed by atoms with E-state index in [2.05, 4.69) is 15.6 Å². The van der Waals surface area contributed by atoms with Gasteiger partial charge in [-0.3, -0.25) is 9.59 Å². The van der Waals surface area contributed by atoms with Gasteiger partial charge in [0.05, 0.1) is 26.0 Å². The predicted octanol–water partition coefficient (Wildman–Crippen LogP) is 4.30. The molecule has 2 aromatic heterocycles. The minimum atomic E-state index is -0.931. The fourth-order valence-electron chi connectivity index (χ4n) is 5.33. The molecule has 0 spiro atoms. The van der Waals surface area contributed by atoms with Crippen LogP contribution in [0.2, 0.25) is 0 Å². The highest BCUT2D eigenvalue weighted by atomic mass is 16.5. The first-order valence-corrected chi connectivity index (χ1v) is 13.7. The first kappa shape index (κ1) is 27.2. The lowest BCUT2D eigenvalue weighted by Crippen LogP contribution is -2.48. The normalized spacial score (nSPS) is 14.6. The van der Waals surface area contributed by atoms with Crippen molar-refractivity contribution in [1.82, 2.24) is 25.2 Å². The van der Waals surface area contributed by atoms with Crippen LogP contribution in [0, 0.1) is 0 Å². The molecular weight excluding hydrogens is 510 g/mol. The molecule has 1 fully saturated rings. The van der Waals surface area contributed by atoms with E-state index in [1.54, 1.807) is 35.9 Å². The number of carbonyl (C=O) groups excluding carboxylic acids is 2. The molecule has 1 saturated carbocycles. The van der Waals surface area contributed by atoms with Crippen molar-refractivity contribution in [3.8, 4) is 11.5 Å². The van der Waals surface area contributed by atoms with Crippen LogP contribution >= 0.6 is 0 Å². The first-order valence-electron chi connectivity index (χ1n) is 13.7.